The Morgan fingerprint density at radius 2 is 1.72 bits per heavy atom. The molecule has 5 rings (SSSR count). The summed E-state index contributed by atoms with van der Waals surface area (Å²) < 4.78 is 25.3. The minimum absolute atomic E-state index is 0.00643. The SMILES string of the molecule is O=C(c1cc(C2CC2)nn1-c1ccccc1)N1CCN(C2CCS(=O)(=O)C2)CC1. The molecule has 1 amide bonds. The van der Waals surface area contributed by atoms with E-state index in [0.717, 1.165) is 37.3 Å². The average Bonchev–Trinajstić information content (AvgIpc) is 3.39. The first kappa shape index (κ1) is 18.8. The number of hydrogen-bond donors (Lipinski definition) is 0. The Kier molecular flexibility index (Phi) is 4.70. The van der Waals surface area contributed by atoms with E-state index in [4.69, 9.17) is 5.10 Å². The Hall–Kier alpha value is -2.19. The molecule has 3 aliphatic rings. The third-order valence-electron chi connectivity index (χ3n) is 6.27. The topological polar surface area (TPSA) is 75.5 Å². The lowest BCUT2D eigenvalue weighted by molar-refractivity contribution is 0.0579. The normalized spacial score (nSPS) is 24.7. The number of benzene rings is 1. The number of amides is 1. The molecule has 0 radical (unpaired) electrons. The van der Waals surface area contributed by atoms with Gasteiger partial charge in [0.05, 0.1) is 22.9 Å². The second kappa shape index (κ2) is 7.25. The summed E-state index contributed by atoms with van der Waals surface area (Å²) in [5, 5.41) is 4.74. The fraction of sp³-hybridized carbons (Fsp3) is 0.524. The van der Waals surface area contributed by atoms with Gasteiger partial charge in [-0.2, -0.15) is 5.10 Å². The van der Waals surface area contributed by atoms with Crippen molar-refractivity contribution in [3.63, 3.8) is 0 Å². The van der Waals surface area contributed by atoms with Crippen molar-refractivity contribution < 1.29 is 13.2 Å². The first-order chi connectivity index (χ1) is 14.0. The molecule has 1 aromatic carbocycles. The van der Waals surface area contributed by atoms with Crippen LogP contribution >= 0.6 is 0 Å². The zero-order chi connectivity index (χ0) is 20.0. The van der Waals surface area contributed by atoms with Gasteiger partial charge in [0.25, 0.3) is 5.91 Å². The van der Waals surface area contributed by atoms with Crippen LogP contribution in [0.1, 0.15) is 41.4 Å². The fourth-order valence-corrected chi connectivity index (χ4v) is 6.17. The Morgan fingerprint density at radius 3 is 2.34 bits per heavy atom. The molecule has 1 aliphatic carbocycles. The van der Waals surface area contributed by atoms with Crippen molar-refractivity contribution in [2.24, 2.45) is 0 Å². The highest BCUT2D eigenvalue weighted by Crippen LogP contribution is 2.40. The quantitative estimate of drug-likeness (QED) is 0.761. The summed E-state index contributed by atoms with van der Waals surface area (Å²) in [6, 6.07) is 11.9. The van der Waals surface area contributed by atoms with E-state index in [0.29, 0.717) is 31.1 Å². The zero-order valence-electron chi connectivity index (χ0n) is 16.4. The molecule has 7 nitrogen and oxygen atoms in total. The molecule has 1 unspecified atom stereocenters. The van der Waals surface area contributed by atoms with Gasteiger partial charge in [0, 0.05) is 38.1 Å². The van der Waals surface area contributed by atoms with Crippen LogP contribution in [-0.4, -0.2) is 77.6 Å². The van der Waals surface area contributed by atoms with Gasteiger partial charge in [-0.15, -0.1) is 0 Å². The largest absolute Gasteiger partial charge is 0.335 e. The van der Waals surface area contributed by atoms with Crippen LogP contribution in [0, 0.1) is 0 Å². The number of carbonyl (C=O) groups is 1. The van der Waals surface area contributed by atoms with Gasteiger partial charge in [0.2, 0.25) is 0 Å². The van der Waals surface area contributed by atoms with Crippen molar-refractivity contribution >= 4 is 15.7 Å². The summed E-state index contributed by atoms with van der Waals surface area (Å²) >= 11 is 0. The zero-order valence-corrected chi connectivity index (χ0v) is 17.2. The van der Waals surface area contributed by atoms with Crippen LogP contribution in [0.5, 0.6) is 0 Å². The molecular weight excluding hydrogens is 388 g/mol. The lowest BCUT2D eigenvalue weighted by Gasteiger charge is -2.37. The third-order valence-corrected chi connectivity index (χ3v) is 8.02. The maximum absolute atomic E-state index is 13.3. The predicted molar refractivity (Wildman–Crippen MR) is 110 cm³/mol. The minimum Gasteiger partial charge on any atom is -0.335 e. The van der Waals surface area contributed by atoms with E-state index in [-0.39, 0.29) is 23.5 Å². The number of hydrogen-bond acceptors (Lipinski definition) is 5. The van der Waals surface area contributed by atoms with Gasteiger partial charge in [-0.3, -0.25) is 9.69 Å². The average molecular weight is 415 g/mol. The number of piperazine rings is 1. The monoisotopic (exact) mass is 414 g/mol. The van der Waals surface area contributed by atoms with Crippen LogP contribution in [0.3, 0.4) is 0 Å². The second-order valence-electron chi connectivity index (χ2n) is 8.36. The molecule has 2 aliphatic heterocycles. The summed E-state index contributed by atoms with van der Waals surface area (Å²) in [7, 11) is -2.89. The Bertz CT molecular complexity index is 1010. The summed E-state index contributed by atoms with van der Waals surface area (Å²) in [5.41, 5.74) is 2.53. The van der Waals surface area contributed by atoms with Crippen molar-refractivity contribution in [2.75, 3.05) is 37.7 Å². The van der Waals surface area contributed by atoms with Crippen LogP contribution in [0.15, 0.2) is 36.4 Å². The molecule has 1 aromatic heterocycles. The van der Waals surface area contributed by atoms with Crippen molar-refractivity contribution in [3.8, 4) is 5.69 Å². The summed E-state index contributed by atoms with van der Waals surface area (Å²) in [6.45, 7) is 2.68. The second-order valence-corrected chi connectivity index (χ2v) is 10.6. The van der Waals surface area contributed by atoms with Crippen molar-refractivity contribution in [1.29, 1.82) is 0 Å². The predicted octanol–water partition coefficient (Wildman–Crippen LogP) is 1.69. The highest BCUT2D eigenvalue weighted by molar-refractivity contribution is 7.91. The van der Waals surface area contributed by atoms with Crippen molar-refractivity contribution in [1.82, 2.24) is 19.6 Å². The van der Waals surface area contributed by atoms with Gasteiger partial charge in [-0.05, 0) is 37.5 Å². The minimum atomic E-state index is -2.89. The van der Waals surface area contributed by atoms with E-state index in [9.17, 15) is 13.2 Å². The number of sulfone groups is 1. The highest BCUT2D eigenvalue weighted by atomic mass is 32.2. The molecule has 3 fully saturated rings. The summed E-state index contributed by atoms with van der Waals surface area (Å²) in [6.07, 6.45) is 2.99. The number of carbonyl (C=O) groups excluding carboxylic acids is 1. The van der Waals surface area contributed by atoms with Crippen LogP contribution in [0.2, 0.25) is 0 Å². The van der Waals surface area contributed by atoms with Crippen LogP contribution in [0.25, 0.3) is 5.69 Å². The molecule has 2 saturated heterocycles. The van der Waals surface area contributed by atoms with Gasteiger partial charge in [0.15, 0.2) is 9.84 Å². The molecule has 1 saturated carbocycles. The third kappa shape index (κ3) is 3.83. The Morgan fingerprint density at radius 1 is 1.00 bits per heavy atom. The molecule has 0 bridgehead atoms. The van der Waals surface area contributed by atoms with Gasteiger partial charge >= 0.3 is 0 Å². The lowest BCUT2D eigenvalue weighted by atomic mass is 10.2. The van der Waals surface area contributed by atoms with Crippen molar-refractivity contribution in [2.45, 2.75) is 31.2 Å². The molecule has 2 aromatic rings. The molecule has 0 N–H and O–H groups in total. The van der Waals surface area contributed by atoms with E-state index in [1.54, 1.807) is 4.68 Å². The van der Waals surface area contributed by atoms with Crippen LogP contribution in [0.4, 0.5) is 0 Å². The Balaban J connectivity index is 1.32. The number of para-hydroxylation sites is 1. The molecule has 3 heterocycles. The summed E-state index contributed by atoms with van der Waals surface area (Å²) in [4.78, 5) is 17.4. The van der Waals surface area contributed by atoms with Crippen LogP contribution in [-0.2, 0) is 9.84 Å². The lowest BCUT2D eigenvalue weighted by Crippen LogP contribution is -2.52. The first-order valence-electron chi connectivity index (χ1n) is 10.4. The van der Waals surface area contributed by atoms with E-state index < -0.39 is 9.84 Å². The van der Waals surface area contributed by atoms with Gasteiger partial charge in [-0.25, -0.2) is 13.1 Å². The van der Waals surface area contributed by atoms with E-state index in [1.165, 1.54) is 0 Å². The molecule has 8 heteroatoms. The highest BCUT2D eigenvalue weighted by Gasteiger charge is 2.35. The van der Waals surface area contributed by atoms with E-state index >= 15 is 0 Å². The molecule has 1 atom stereocenters. The smallest absolute Gasteiger partial charge is 0.272 e. The Labute approximate surface area is 171 Å². The molecule has 29 heavy (non-hydrogen) atoms. The van der Waals surface area contributed by atoms with Crippen LogP contribution < -0.4 is 0 Å². The van der Waals surface area contributed by atoms with Gasteiger partial charge in [-0.1, -0.05) is 18.2 Å². The molecule has 154 valence electrons. The van der Waals surface area contributed by atoms with Crippen molar-refractivity contribution in [3.05, 3.63) is 47.8 Å². The first-order valence-corrected chi connectivity index (χ1v) is 12.2. The molecule has 0 spiro atoms. The summed E-state index contributed by atoms with van der Waals surface area (Å²) in [5.74, 6) is 1.03. The number of rotatable bonds is 4. The standard InChI is InChI=1S/C21H26N4O3S/c26-21(24-11-9-23(10-12-24)18-8-13-29(27,28)15-18)20-14-19(16-6-7-16)22-25(20)17-4-2-1-3-5-17/h1-5,14,16,18H,6-13,15H2. The van der Waals surface area contributed by atoms with Gasteiger partial charge < -0.3 is 4.90 Å². The van der Waals surface area contributed by atoms with Gasteiger partial charge in [0.1, 0.15) is 5.69 Å². The van der Waals surface area contributed by atoms with E-state index in [2.05, 4.69) is 4.90 Å². The fourth-order valence-electron chi connectivity index (χ4n) is 4.41. The number of aromatic nitrogens is 2. The maximum atomic E-state index is 13.3. The number of nitrogens with zero attached hydrogens (tertiary/aromatic N) is 4. The van der Waals surface area contributed by atoms with E-state index in [1.807, 2.05) is 41.3 Å². The molecular formula is C21H26N4O3S. The maximum Gasteiger partial charge on any atom is 0.272 e.